The molecule has 1 heterocycles. The number of fused-ring (bicyclic) bond motifs is 1. The summed E-state index contributed by atoms with van der Waals surface area (Å²) in [6.07, 6.45) is 1.49. The van der Waals surface area contributed by atoms with Crippen molar-refractivity contribution in [3.63, 3.8) is 0 Å². The predicted octanol–water partition coefficient (Wildman–Crippen LogP) is 4.54. The van der Waals surface area contributed by atoms with E-state index in [-0.39, 0.29) is 5.91 Å². The van der Waals surface area contributed by atoms with Gasteiger partial charge in [-0.3, -0.25) is 9.36 Å². The van der Waals surface area contributed by atoms with Gasteiger partial charge in [-0.05, 0) is 39.0 Å². The summed E-state index contributed by atoms with van der Waals surface area (Å²) in [5, 5.41) is 3.59. The second-order valence-electron chi connectivity index (χ2n) is 5.96. The van der Waals surface area contributed by atoms with E-state index in [0.717, 1.165) is 9.86 Å². The highest BCUT2D eigenvalue weighted by atomic mass is 79.9. The number of rotatable bonds is 2. The standard InChI is InChI=1S/C16H19BrN2O3/c1-5-14(20)18-12-9-19(15(21)22-16(2,3)4)13-7-6-10(17)8-11(12)13/h6-9H,5H2,1-4H3,(H,18,20). The highest BCUT2D eigenvalue weighted by Gasteiger charge is 2.21. The summed E-state index contributed by atoms with van der Waals surface area (Å²) in [6, 6.07) is 5.51. The maximum atomic E-state index is 12.3. The Morgan fingerprint density at radius 2 is 2.00 bits per heavy atom. The zero-order valence-electron chi connectivity index (χ0n) is 13.1. The summed E-state index contributed by atoms with van der Waals surface area (Å²) in [4.78, 5) is 24.0. The van der Waals surface area contributed by atoms with Crippen LogP contribution in [0.25, 0.3) is 10.9 Å². The van der Waals surface area contributed by atoms with E-state index >= 15 is 0 Å². The Balaban J connectivity index is 2.51. The molecule has 0 unspecified atom stereocenters. The number of halogens is 1. The van der Waals surface area contributed by atoms with Crippen molar-refractivity contribution in [3.05, 3.63) is 28.9 Å². The second kappa shape index (κ2) is 6.12. The summed E-state index contributed by atoms with van der Waals surface area (Å²) >= 11 is 3.41. The minimum atomic E-state index is -0.587. The van der Waals surface area contributed by atoms with E-state index in [4.69, 9.17) is 4.74 Å². The van der Waals surface area contributed by atoms with Gasteiger partial charge in [0.15, 0.2) is 0 Å². The van der Waals surface area contributed by atoms with Crippen molar-refractivity contribution in [2.45, 2.75) is 39.7 Å². The molecule has 0 atom stereocenters. The van der Waals surface area contributed by atoms with Crippen molar-refractivity contribution >= 4 is 44.5 Å². The maximum Gasteiger partial charge on any atom is 0.419 e. The molecule has 2 rings (SSSR count). The summed E-state index contributed by atoms with van der Waals surface area (Å²) in [7, 11) is 0. The molecule has 1 amide bonds. The summed E-state index contributed by atoms with van der Waals surface area (Å²) in [5.41, 5.74) is 0.688. The molecule has 0 aliphatic carbocycles. The quantitative estimate of drug-likeness (QED) is 0.848. The molecule has 0 aliphatic rings. The first-order valence-electron chi connectivity index (χ1n) is 7.05. The summed E-state index contributed by atoms with van der Waals surface area (Å²) in [6.45, 7) is 7.21. The zero-order chi connectivity index (χ0) is 16.5. The maximum absolute atomic E-state index is 12.3. The molecule has 22 heavy (non-hydrogen) atoms. The number of nitrogens with one attached hydrogen (secondary N) is 1. The molecule has 0 aliphatic heterocycles. The van der Waals surface area contributed by atoms with Gasteiger partial charge in [-0.2, -0.15) is 0 Å². The minimum absolute atomic E-state index is 0.108. The van der Waals surface area contributed by atoms with Crippen molar-refractivity contribution in [2.24, 2.45) is 0 Å². The monoisotopic (exact) mass is 366 g/mol. The van der Waals surface area contributed by atoms with E-state index < -0.39 is 11.7 Å². The van der Waals surface area contributed by atoms with Gasteiger partial charge in [0, 0.05) is 22.5 Å². The van der Waals surface area contributed by atoms with Crippen LogP contribution in [0.15, 0.2) is 28.9 Å². The van der Waals surface area contributed by atoms with Gasteiger partial charge in [-0.15, -0.1) is 0 Å². The molecule has 1 aromatic heterocycles. The second-order valence-corrected chi connectivity index (χ2v) is 6.87. The Bertz CT molecular complexity index is 729. The number of ether oxygens (including phenoxy) is 1. The van der Waals surface area contributed by atoms with Crippen LogP contribution in [0, 0.1) is 0 Å². The van der Waals surface area contributed by atoms with Gasteiger partial charge in [0.25, 0.3) is 0 Å². The Morgan fingerprint density at radius 3 is 2.59 bits per heavy atom. The highest BCUT2D eigenvalue weighted by molar-refractivity contribution is 9.10. The van der Waals surface area contributed by atoms with Crippen LogP contribution in [-0.4, -0.2) is 22.2 Å². The van der Waals surface area contributed by atoms with E-state index in [9.17, 15) is 9.59 Å². The fourth-order valence-corrected chi connectivity index (χ4v) is 2.36. The first-order chi connectivity index (χ1) is 10.2. The van der Waals surface area contributed by atoms with Crippen molar-refractivity contribution in [1.29, 1.82) is 0 Å². The van der Waals surface area contributed by atoms with E-state index in [0.29, 0.717) is 17.6 Å². The molecule has 0 radical (unpaired) electrons. The lowest BCUT2D eigenvalue weighted by molar-refractivity contribution is -0.115. The molecule has 0 spiro atoms. The van der Waals surface area contributed by atoms with Crippen molar-refractivity contribution in [2.75, 3.05) is 5.32 Å². The summed E-state index contributed by atoms with van der Waals surface area (Å²) < 4.78 is 7.69. The Labute approximate surface area is 137 Å². The third-order valence-electron chi connectivity index (χ3n) is 2.95. The average Bonchev–Trinajstić information content (AvgIpc) is 2.75. The Kier molecular flexibility index (Phi) is 4.60. The molecule has 0 saturated carbocycles. The molecule has 5 nitrogen and oxygen atoms in total. The third-order valence-corrected chi connectivity index (χ3v) is 3.45. The zero-order valence-corrected chi connectivity index (χ0v) is 14.7. The fourth-order valence-electron chi connectivity index (χ4n) is 2.00. The van der Waals surface area contributed by atoms with Gasteiger partial charge >= 0.3 is 6.09 Å². The lowest BCUT2D eigenvalue weighted by Crippen LogP contribution is -2.26. The largest absolute Gasteiger partial charge is 0.443 e. The number of aromatic nitrogens is 1. The number of hydrogen-bond donors (Lipinski definition) is 1. The topological polar surface area (TPSA) is 60.3 Å². The first kappa shape index (κ1) is 16.5. The normalized spacial score (nSPS) is 11.5. The first-order valence-corrected chi connectivity index (χ1v) is 7.84. The molecule has 1 aromatic carbocycles. The van der Waals surface area contributed by atoms with Crippen LogP contribution in [-0.2, 0) is 9.53 Å². The number of benzene rings is 1. The lowest BCUT2D eigenvalue weighted by atomic mass is 10.2. The molecule has 0 saturated heterocycles. The number of anilines is 1. The van der Waals surface area contributed by atoms with Crippen LogP contribution < -0.4 is 5.32 Å². The number of nitrogens with zero attached hydrogens (tertiary/aromatic N) is 1. The molecular weight excluding hydrogens is 348 g/mol. The van der Waals surface area contributed by atoms with Crippen molar-refractivity contribution in [1.82, 2.24) is 4.57 Å². The van der Waals surface area contributed by atoms with Crippen LogP contribution in [0.5, 0.6) is 0 Å². The van der Waals surface area contributed by atoms with Crippen LogP contribution in [0.4, 0.5) is 10.5 Å². The molecule has 0 bridgehead atoms. The molecule has 0 fully saturated rings. The number of amides is 1. The van der Waals surface area contributed by atoms with Crippen LogP contribution in [0.2, 0.25) is 0 Å². The molecule has 6 heteroatoms. The van der Waals surface area contributed by atoms with E-state index in [2.05, 4.69) is 21.2 Å². The van der Waals surface area contributed by atoms with Crippen molar-refractivity contribution in [3.8, 4) is 0 Å². The summed E-state index contributed by atoms with van der Waals surface area (Å²) in [5.74, 6) is -0.108. The fraction of sp³-hybridized carbons (Fsp3) is 0.375. The van der Waals surface area contributed by atoms with Crippen LogP contribution in [0.1, 0.15) is 34.1 Å². The highest BCUT2D eigenvalue weighted by Crippen LogP contribution is 2.29. The van der Waals surface area contributed by atoms with Gasteiger partial charge in [-0.25, -0.2) is 4.79 Å². The number of carbonyl (C=O) groups is 2. The van der Waals surface area contributed by atoms with Gasteiger partial charge in [0.2, 0.25) is 5.91 Å². The average molecular weight is 367 g/mol. The molecule has 1 N–H and O–H groups in total. The van der Waals surface area contributed by atoms with E-state index in [1.165, 1.54) is 4.57 Å². The smallest absolute Gasteiger partial charge is 0.419 e. The Hall–Kier alpha value is -1.82. The van der Waals surface area contributed by atoms with Gasteiger partial charge in [-0.1, -0.05) is 22.9 Å². The van der Waals surface area contributed by atoms with Crippen LogP contribution in [0.3, 0.4) is 0 Å². The number of hydrogen-bond acceptors (Lipinski definition) is 3. The molecule has 118 valence electrons. The van der Waals surface area contributed by atoms with Gasteiger partial charge in [0.1, 0.15) is 5.60 Å². The SMILES string of the molecule is CCC(=O)Nc1cn(C(=O)OC(C)(C)C)c2ccc(Br)cc12. The molecular formula is C16H19BrN2O3. The molecule has 2 aromatic rings. The number of carbonyl (C=O) groups excluding carboxylic acids is 2. The van der Waals surface area contributed by atoms with E-state index in [1.807, 2.05) is 39.0 Å². The lowest BCUT2D eigenvalue weighted by Gasteiger charge is -2.19. The predicted molar refractivity (Wildman–Crippen MR) is 90.2 cm³/mol. The van der Waals surface area contributed by atoms with Gasteiger partial charge < -0.3 is 10.1 Å². The van der Waals surface area contributed by atoms with E-state index in [1.54, 1.807) is 13.1 Å². The van der Waals surface area contributed by atoms with Crippen LogP contribution >= 0.6 is 15.9 Å². The minimum Gasteiger partial charge on any atom is -0.443 e. The third kappa shape index (κ3) is 3.68. The van der Waals surface area contributed by atoms with Crippen molar-refractivity contribution < 1.29 is 14.3 Å². The van der Waals surface area contributed by atoms with Gasteiger partial charge in [0.05, 0.1) is 11.2 Å². The Morgan fingerprint density at radius 1 is 1.32 bits per heavy atom.